The zero-order valence-electron chi connectivity index (χ0n) is 13.8. The summed E-state index contributed by atoms with van der Waals surface area (Å²) in [7, 11) is 4.20. The molecular weight excluding hydrogens is 276 g/mol. The van der Waals surface area contributed by atoms with Crippen LogP contribution in [0.15, 0.2) is 6.07 Å². The predicted octanol–water partition coefficient (Wildman–Crippen LogP) is 1.23. The lowest BCUT2D eigenvalue weighted by molar-refractivity contribution is 0.183. The lowest BCUT2D eigenvalue weighted by Gasteiger charge is -2.40. The van der Waals surface area contributed by atoms with Crippen LogP contribution in [0.4, 0.5) is 11.8 Å². The molecule has 0 spiro atoms. The van der Waals surface area contributed by atoms with Crippen molar-refractivity contribution in [2.24, 2.45) is 0 Å². The molecule has 1 aliphatic carbocycles. The number of nitrogen functional groups attached to an aromatic ring is 1. The fourth-order valence-corrected chi connectivity index (χ4v) is 3.50. The normalized spacial score (nSPS) is 20.4. The van der Waals surface area contributed by atoms with Crippen molar-refractivity contribution in [2.45, 2.75) is 50.7 Å². The molecule has 2 aliphatic rings. The maximum atomic E-state index is 5.91. The van der Waals surface area contributed by atoms with Crippen LogP contribution < -0.4 is 16.0 Å². The number of nitrogens with zero attached hydrogens (tertiary/aromatic N) is 4. The van der Waals surface area contributed by atoms with Crippen molar-refractivity contribution in [3.63, 3.8) is 0 Å². The molecule has 2 fully saturated rings. The molecule has 0 unspecified atom stereocenters. The van der Waals surface area contributed by atoms with Gasteiger partial charge in [-0.3, -0.25) is 4.90 Å². The van der Waals surface area contributed by atoms with Crippen molar-refractivity contribution in [2.75, 3.05) is 37.8 Å². The van der Waals surface area contributed by atoms with E-state index in [9.17, 15) is 0 Å². The Balaban J connectivity index is 1.64. The molecule has 22 heavy (non-hydrogen) atoms. The molecule has 0 atom stereocenters. The Morgan fingerprint density at radius 1 is 1.27 bits per heavy atom. The molecule has 2 heterocycles. The van der Waals surface area contributed by atoms with Crippen molar-refractivity contribution in [1.82, 2.24) is 20.2 Å². The van der Waals surface area contributed by atoms with Crippen LogP contribution in [0.25, 0.3) is 0 Å². The number of hydrogen-bond donors (Lipinski definition) is 2. The number of rotatable bonds is 5. The third kappa shape index (κ3) is 3.50. The smallest absolute Gasteiger partial charge is 0.222 e. The summed E-state index contributed by atoms with van der Waals surface area (Å²) in [4.78, 5) is 13.5. The minimum Gasteiger partial charge on any atom is -0.368 e. The van der Waals surface area contributed by atoms with E-state index in [0.717, 1.165) is 31.1 Å². The zero-order valence-corrected chi connectivity index (χ0v) is 13.8. The molecule has 0 bridgehead atoms. The number of anilines is 2. The second-order valence-corrected chi connectivity index (χ2v) is 6.67. The number of likely N-dealkylation sites (N-methyl/N-ethyl adjacent to an activating group) is 1. The zero-order chi connectivity index (χ0) is 15.5. The third-order valence-corrected chi connectivity index (χ3v) is 5.01. The fourth-order valence-electron chi connectivity index (χ4n) is 3.50. The van der Waals surface area contributed by atoms with Crippen LogP contribution >= 0.6 is 0 Å². The van der Waals surface area contributed by atoms with Gasteiger partial charge < -0.3 is 16.0 Å². The monoisotopic (exact) mass is 304 g/mol. The van der Waals surface area contributed by atoms with E-state index in [1.807, 2.05) is 7.05 Å². The Morgan fingerprint density at radius 2 is 2.00 bits per heavy atom. The van der Waals surface area contributed by atoms with Crippen LogP contribution in [0.2, 0.25) is 0 Å². The highest BCUT2D eigenvalue weighted by Crippen LogP contribution is 2.24. The lowest BCUT2D eigenvalue weighted by atomic mass is 9.94. The summed E-state index contributed by atoms with van der Waals surface area (Å²) >= 11 is 0. The fraction of sp³-hybridized carbons (Fsp3) is 0.750. The highest BCUT2D eigenvalue weighted by Gasteiger charge is 2.27. The van der Waals surface area contributed by atoms with Crippen LogP contribution in [0.1, 0.15) is 37.8 Å². The van der Waals surface area contributed by atoms with Gasteiger partial charge in [0.2, 0.25) is 5.95 Å². The van der Waals surface area contributed by atoms with Crippen LogP contribution in [-0.4, -0.2) is 54.1 Å². The van der Waals surface area contributed by atoms with E-state index in [1.165, 1.54) is 32.1 Å². The topological polar surface area (TPSA) is 70.3 Å². The average molecular weight is 304 g/mol. The first-order valence-corrected chi connectivity index (χ1v) is 8.41. The number of hydrogen-bond acceptors (Lipinski definition) is 6. The summed E-state index contributed by atoms with van der Waals surface area (Å²) in [6.45, 7) is 2.84. The van der Waals surface area contributed by atoms with Crippen LogP contribution in [0.5, 0.6) is 0 Å². The Hall–Kier alpha value is -1.40. The molecule has 6 nitrogen and oxygen atoms in total. The first-order chi connectivity index (χ1) is 10.7. The van der Waals surface area contributed by atoms with Gasteiger partial charge in [-0.1, -0.05) is 19.3 Å². The Kier molecular flexibility index (Phi) is 4.78. The predicted molar refractivity (Wildman–Crippen MR) is 89.8 cm³/mol. The molecule has 1 aromatic heterocycles. The molecule has 1 saturated carbocycles. The summed E-state index contributed by atoms with van der Waals surface area (Å²) in [5, 5.41) is 3.28. The van der Waals surface area contributed by atoms with Crippen molar-refractivity contribution in [1.29, 1.82) is 0 Å². The molecule has 0 aromatic carbocycles. The summed E-state index contributed by atoms with van der Waals surface area (Å²) in [5.74, 6) is 1.35. The number of nitrogens with one attached hydrogen (secondary N) is 1. The highest BCUT2D eigenvalue weighted by molar-refractivity contribution is 5.46. The number of aromatic nitrogens is 2. The largest absolute Gasteiger partial charge is 0.368 e. The van der Waals surface area contributed by atoms with Gasteiger partial charge in [0.1, 0.15) is 5.82 Å². The maximum Gasteiger partial charge on any atom is 0.222 e. The summed E-state index contributed by atoms with van der Waals surface area (Å²) in [5.41, 5.74) is 6.95. The minimum atomic E-state index is 0.387. The Bertz CT molecular complexity index is 493. The van der Waals surface area contributed by atoms with Gasteiger partial charge in [-0.25, -0.2) is 4.98 Å². The van der Waals surface area contributed by atoms with Gasteiger partial charge in [-0.2, -0.15) is 4.98 Å². The first-order valence-electron chi connectivity index (χ1n) is 8.41. The summed E-state index contributed by atoms with van der Waals surface area (Å²) in [6, 6.07) is 3.34. The van der Waals surface area contributed by atoms with E-state index in [-0.39, 0.29) is 0 Å². The van der Waals surface area contributed by atoms with Crippen LogP contribution in [0.3, 0.4) is 0 Å². The van der Waals surface area contributed by atoms with E-state index >= 15 is 0 Å². The van der Waals surface area contributed by atoms with Crippen LogP contribution in [-0.2, 0) is 6.54 Å². The van der Waals surface area contributed by atoms with Gasteiger partial charge in [-0.05, 0) is 26.9 Å². The van der Waals surface area contributed by atoms with Crippen molar-refractivity contribution in [3.05, 3.63) is 11.8 Å². The van der Waals surface area contributed by atoms with E-state index in [0.29, 0.717) is 18.0 Å². The minimum absolute atomic E-state index is 0.387. The van der Waals surface area contributed by atoms with Crippen molar-refractivity contribution >= 4 is 11.8 Å². The molecule has 1 saturated heterocycles. The molecule has 6 heteroatoms. The van der Waals surface area contributed by atoms with Gasteiger partial charge >= 0.3 is 0 Å². The molecule has 0 radical (unpaired) electrons. The average Bonchev–Trinajstić information content (AvgIpc) is 2.46. The van der Waals surface area contributed by atoms with E-state index in [1.54, 1.807) is 0 Å². The van der Waals surface area contributed by atoms with Crippen molar-refractivity contribution in [3.8, 4) is 0 Å². The van der Waals surface area contributed by atoms with E-state index in [4.69, 9.17) is 5.73 Å². The summed E-state index contributed by atoms with van der Waals surface area (Å²) < 4.78 is 0. The molecule has 122 valence electrons. The molecular formula is C16H28N6. The second-order valence-electron chi connectivity index (χ2n) is 6.67. The van der Waals surface area contributed by atoms with Gasteiger partial charge in [0.05, 0.1) is 5.69 Å². The molecule has 0 amide bonds. The SMILES string of the molecule is CNC1CN(c2cc(CN(C)C3CCCCC3)nc(N)n2)C1. The Morgan fingerprint density at radius 3 is 2.68 bits per heavy atom. The molecule has 1 aliphatic heterocycles. The number of nitrogens with two attached hydrogens (primary N) is 1. The van der Waals surface area contributed by atoms with E-state index < -0.39 is 0 Å². The van der Waals surface area contributed by atoms with Crippen molar-refractivity contribution < 1.29 is 0 Å². The first kappa shape index (κ1) is 15.5. The third-order valence-electron chi connectivity index (χ3n) is 5.01. The van der Waals surface area contributed by atoms with Gasteiger partial charge in [0.15, 0.2) is 0 Å². The highest BCUT2D eigenvalue weighted by atomic mass is 15.3. The molecule has 3 rings (SSSR count). The van der Waals surface area contributed by atoms with Gasteiger partial charge in [0.25, 0.3) is 0 Å². The van der Waals surface area contributed by atoms with Crippen LogP contribution in [0, 0.1) is 0 Å². The molecule has 1 aromatic rings. The van der Waals surface area contributed by atoms with E-state index in [2.05, 4.69) is 38.2 Å². The van der Waals surface area contributed by atoms with Gasteiger partial charge in [-0.15, -0.1) is 0 Å². The second kappa shape index (κ2) is 6.79. The maximum absolute atomic E-state index is 5.91. The Labute approximate surface area is 133 Å². The quantitative estimate of drug-likeness (QED) is 0.853. The van der Waals surface area contributed by atoms with Gasteiger partial charge in [0, 0.05) is 37.8 Å². The lowest BCUT2D eigenvalue weighted by Crippen LogP contribution is -2.57. The standard InChI is InChI=1S/C16H28N6/c1-18-13-10-22(11-13)15-8-12(19-16(17)20-15)9-21(2)14-6-4-3-5-7-14/h8,13-14,18H,3-7,9-11H2,1-2H3,(H2,17,19,20). The molecule has 3 N–H and O–H groups in total. The summed E-state index contributed by atoms with van der Waals surface area (Å²) in [6.07, 6.45) is 6.70.